The number of allylic oxidation sites excluding steroid dienone is 5. The van der Waals surface area contributed by atoms with E-state index < -0.39 is 0 Å². The van der Waals surface area contributed by atoms with Crippen molar-refractivity contribution in [3.05, 3.63) is 49.3 Å². The topological polar surface area (TPSA) is 38.3 Å². The summed E-state index contributed by atoms with van der Waals surface area (Å²) in [6, 6.07) is 0. The Balaban J connectivity index is 1.18. The Morgan fingerprint density at radius 1 is 0.882 bits per heavy atom. The van der Waals surface area contributed by atoms with Gasteiger partial charge in [0.15, 0.2) is 6.61 Å². The molecule has 5 rings (SSSR count). The van der Waals surface area contributed by atoms with E-state index in [1.165, 1.54) is 96.3 Å². The van der Waals surface area contributed by atoms with E-state index in [1.807, 2.05) is 0 Å². The fraction of sp³-hybridized carbons (Fsp3) is 0.700. The van der Waals surface area contributed by atoms with Gasteiger partial charge in [-0.3, -0.25) is 4.79 Å². The van der Waals surface area contributed by atoms with Crippen LogP contribution in [0, 0.1) is 11.3 Å². The van der Waals surface area contributed by atoms with Gasteiger partial charge in [0, 0.05) is 5.54 Å². The molecular weight excluding hydrogens is 417 g/mol. The molecule has 5 aliphatic carbocycles. The minimum Gasteiger partial charge on any atom is -0.484 e. The van der Waals surface area contributed by atoms with Crippen LogP contribution in [0.25, 0.3) is 0 Å². The molecule has 2 atom stereocenters. The van der Waals surface area contributed by atoms with Crippen molar-refractivity contribution in [1.29, 1.82) is 0 Å². The van der Waals surface area contributed by atoms with Crippen molar-refractivity contribution in [3.8, 4) is 0 Å². The van der Waals surface area contributed by atoms with Crippen molar-refractivity contribution in [2.24, 2.45) is 11.3 Å². The quantitative estimate of drug-likeness (QED) is 0.158. The molecule has 5 fully saturated rings. The number of carbonyl (C=O) groups is 1. The molecule has 5 saturated carbocycles. The van der Waals surface area contributed by atoms with Crippen molar-refractivity contribution in [2.75, 3.05) is 6.61 Å². The highest BCUT2D eigenvalue weighted by Crippen LogP contribution is 2.72. The fourth-order valence-corrected chi connectivity index (χ4v) is 7.54. The average molecular weight is 463 g/mol. The second-order valence-corrected chi connectivity index (χ2v) is 11.7. The van der Waals surface area contributed by atoms with Gasteiger partial charge in [0.1, 0.15) is 13.0 Å². The van der Waals surface area contributed by atoms with Crippen LogP contribution < -0.4 is 5.32 Å². The zero-order chi connectivity index (χ0) is 23.9. The molecule has 185 valence electrons. The first-order valence-electron chi connectivity index (χ1n) is 14.0. The molecule has 1 N–H and O–H groups in total. The van der Waals surface area contributed by atoms with E-state index in [1.54, 1.807) is 30.4 Å². The normalized spacial score (nSPS) is 34.5. The molecule has 2 unspecified atom stereocenters. The Hall–Kier alpha value is -1.71. The van der Waals surface area contributed by atoms with Crippen molar-refractivity contribution in [3.63, 3.8) is 0 Å². The third-order valence-electron chi connectivity index (χ3n) is 9.10. The van der Waals surface area contributed by atoms with Gasteiger partial charge in [-0.25, -0.2) is 0 Å². The van der Waals surface area contributed by atoms with Crippen LogP contribution in [0.15, 0.2) is 49.3 Å². The van der Waals surface area contributed by atoms with Crippen LogP contribution in [0.1, 0.15) is 96.3 Å². The van der Waals surface area contributed by atoms with Gasteiger partial charge in [-0.2, -0.15) is 0 Å². The minimum absolute atomic E-state index is 0.00926. The molecule has 0 aliphatic heterocycles. The van der Waals surface area contributed by atoms with E-state index >= 15 is 0 Å². The molecule has 4 heteroatoms. The van der Waals surface area contributed by atoms with Crippen LogP contribution in [0.5, 0.6) is 0 Å². The molecule has 2 bridgehead atoms. The summed E-state index contributed by atoms with van der Waals surface area (Å²) in [5, 5.41) is 3.30. The number of carbonyl (C=O) groups excluding carboxylic acids is 1. The van der Waals surface area contributed by atoms with Crippen LogP contribution >= 0.6 is 0 Å². The summed E-state index contributed by atoms with van der Waals surface area (Å²) in [6.45, 7) is 7.43. The second-order valence-electron chi connectivity index (χ2n) is 11.7. The highest BCUT2D eigenvalue weighted by molar-refractivity contribution is 6.39. The van der Waals surface area contributed by atoms with E-state index in [0.29, 0.717) is 11.2 Å². The largest absolute Gasteiger partial charge is 0.484 e. The molecule has 3 nitrogen and oxygen atoms in total. The summed E-state index contributed by atoms with van der Waals surface area (Å²) in [4.78, 5) is 12.5. The molecule has 1 amide bonds. The third kappa shape index (κ3) is 6.29. The van der Waals surface area contributed by atoms with Crippen LogP contribution in [-0.4, -0.2) is 25.3 Å². The van der Waals surface area contributed by atoms with E-state index in [2.05, 4.69) is 25.8 Å². The van der Waals surface area contributed by atoms with Gasteiger partial charge in [0.25, 0.3) is 5.91 Å². The van der Waals surface area contributed by atoms with Crippen molar-refractivity contribution >= 4 is 13.2 Å². The Kier molecular flexibility index (Phi) is 8.83. The lowest BCUT2D eigenvalue weighted by molar-refractivity contribution is -0.197. The first kappa shape index (κ1) is 25.4. The number of rotatable bonds is 10. The Bertz CT molecular complexity index is 757. The number of amides is 1. The van der Waals surface area contributed by atoms with E-state index in [4.69, 9.17) is 4.74 Å². The maximum Gasteiger partial charge on any atom is 0.258 e. The van der Waals surface area contributed by atoms with Crippen molar-refractivity contribution < 1.29 is 9.53 Å². The smallest absolute Gasteiger partial charge is 0.258 e. The summed E-state index contributed by atoms with van der Waals surface area (Å²) in [5.41, 5.74) is 0.570. The Labute approximate surface area is 208 Å². The minimum atomic E-state index is -0.00926. The highest BCUT2D eigenvalue weighted by Gasteiger charge is 2.70. The van der Waals surface area contributed by atoms with Gasteiger partial charge in [0.05, 0.1) is 0 Å². The fourth-order valence-electron chi connectivity index (χ4n) is 7.54. The monoisotopic (exact) mass is 462 g/mol. The van der Waals surface area contributed by atoms with E-state index in [0.717, 1.165) is 17.6 Å². The summed E-state index contributed by atoms with van der Waals surface area (Å²) >= 11 is 0. The zero-order valence-corrected chi connectivity index (χ0v) is 21.2. The molecular formula is C30H45BNO2. The molecule has 0 aromatic carbocycles. The highest BCUT2D eigenvalue weighted by atomic mass is 16.5. The summed E-state index contributed by atoms with van der Waals surface area (Å²) < 4.78 is 5.66. The van der Waals surface area contributed by atoms with Gasteiger partial charge in [0.2, 0.25) is 0 Å². The molecule has 5 aliphatic rings. The van der Waals surface area contributed by atoms with Crippen LogP contribution in [0.3, 0.4) is 0 Å². The number of nitrogens with one attached hydrogen (secondary N) is 1. The second kappa shape index (κ2) is 11.8. The third-order valence-corrected chi connectivity index (χ3v) is 9.10. The SMILES string of the molecule is C=C/C=C\C(=C/C=C)OCC(=O)NC12CC(C3CCCC([B]C4CCCCCCC4)CC3)(C1)C2. The molecule has 0 aromatic heterocycles. The van der Waals surface area contributed by atoms with E-state index in [9.17, 15) is 4.79 Å². The Morgan fingerprint density at radius 2 is 1.56 bits per heavy atom. The predicted octanol–water partition coefficient (Wildman–Crippen LogP) is 7.46. The zero-order valence-electron chi connectivity index (χ0n) is 21.2. The summed E-state index contributed by atoms with van der Waals surface area (Å²) in [6.07, 6.45) is 29.3. The van der Waals surface area contributed by atoms with Crippen LogP contribution in [0.2, 0.25) is 11.6 Å². The molecule has 0 aromatic rings. The average Bonchev–Trinajstić information content (AvgIpc) is 2.99. The van der Waals surface area contributed by atoms with Gasteiger partial charge in [-0.1, -0.05) is 114 Å². The predicted molar refractivity (Wildman–Crippen MR) is 143 cm³/mol. The number of hydrogen-bond acceptors (Lipinski definition) is 2. The first-order chi connectivity index (χ1) is 16.6. The molecule has 1 radical (unpaired) electrons. The maximum atomic E-state index is 12.5. The van der Waals surface area contributed by atoms with Gasteiger partial charge < -0.3 is 10.1 Å². The summed E-state index contributed by atoms with van der Waals surface area (Å²) in [7, 11) is 2.79. The maximum absolute atomic E-state index is 12.5. The number of hydrogen-bond donors (Lipinski definition) is 1. The van der Waals surface area contributed by atoms with Crippen LogP contribution in [-0.2, 0) is 9.53 Å². The van der Waals surface area contributed by atoms with Gasteiger partial charge >= 0.3 is 0 Å². The number of ether oxygens (including phenoxy) is 1. The summed E-state index contributed by atoms with van der Waals surface area (Å²) in [5.74, 6) is 3.21. The standard InChI is InChI=1S/C30H45BNO2/c1-3-5-17-27(12-4-2)34-20-28(33)32-30-21-29(22-30,23-30)24-13-11-16-26(19-18-24)31-25-14-9-7-6-8-10-15-25/h3-5,12,17,24-26H,1-2,6-11,13-16,18-23H2,(H,32,33)/b17-5-,27-12+. The van der Waals surface area contributed by atoms with E-state index in [-0.39, 0.29) is 18.1 Å². The molecule has 0 saturated heterocycles. The Morgan fingerprint density at radius 3 is 2.26 bits per heavy atom. The first-order valence-corrected chi connectivity index (χ1v) is 14.0. The lowest BCUT2D eigenvalue weighted by Crippen LogP contribution is -2.76. The molecule has 0 spiro atoms. The van der Waals surface area contributed by atoms with Crippen molar-refractivity contribution in [1.82, 2.24) is 5.32 Å². The van der Waals surface area contributed by atoms with Crippen molar-refractivity contribution in [2.45, 2.75) is 113 Å². The lowest BCUT2D eigenvalue weighted by Gasteiger charge is -2.73. The molecule has 0 heterocycles. The van der Waals surface area contributed by atoms with Gasteiger partial charge in [-0.05, 0) is 49.2 Å². The van der Waals surface area contributed by atoms with Gasteiger partial charge in [-0.15, -0.1) is 0 Å². The van der Waals surface area contributed by atoms with Crippen LogP contribution in [0.4, 0.5) is 0 Å². The molecule has 34 heavy (non-hydrogen) atoms. The lowest BCUT2D eigenvalue weighted by atomic mass is 9.35.